The number of likely N-dealkylation sites (N-methyl/N-ethyl adjacent to an activating group) is 1. The van der Waals surface area contributed by atoms with Crippen molar-refractivity contribution in [3.8, 4) is 0 Å². The Morgan fingerprint density at radius 1 is 1.46 bits per heavy atom. The van der Waals surface area contributed by atoms with Gasteiger partial charge in [-0.1, -0.05) is 13.8 Å². The minimum Gasteiger partial charge on any atom is -0.368 e. The van der Waals surface area contributed by atoms with Crippen LogP contribution >= 0.6 is 0 Å². The van der Waals surface area contributed by atoms with Crippen molar-refractivity contribution < 1.29 is 4.79 Å². The predicted molar refractivity (Wildman–Crippen MR) is 54.4 cm³/mol. The van der Waals surface area contributed by atoms with Gasteiger partial charge in [-0.3, -0.25) is 4.79 Å². The zero-order chi connectivity index (χ0) is 10.3. The minimum atomic E-state index is -0.292. The first-order valence-corrected chi connectivity index (χ1v) is 4.86. The number of amides is 1. The topological polar surface area (TPSA) is 58.4 Å². The van der Waals surface area contributed by atoms with Gasteiger partial charge in [0.25, 0.3) is 0 Å². The molecule has 0 radical (unpaired) electrons. The molecule has 1 unspecified atom stereocenters. The molecule has 78 valence electrons. The largest absolute Gasteiger partial charge is 0.368 e. The second-order valence-corrected chi connectivity index (χ2v) is 3.11. The fourth-order valence-electron chi connectivity index (χ4n) is 1.08. The molecular weight excluding hydrogens is 166 g/mol. The summed E-state index contributed by atoms with van der Waals surface area (Å²) in [5.74, 6) is -0.292. The first-order valence-electron chi connectivity index (χ1n) is 4.86. The van der Waals surface area contributed by atoms with Crippen molar-refractivity contribution >= 4 is 5.91 Å². The van der Waals surface area contributed by atoms with E-state index in [-0.39, 0.29) is 11.9 Å². The Morgan fingerprint density at radius 2 is 2.00 bits per heavy atom. The lowest BCUT2D eigenvalue weighted by atomic mass is 10.3. The van der Waals surface area contributed by atoms with Crippen LogP contribution in [0.3, 0.4) is 0 Å². The third kappa shape index (κ3) is 5.60. The average Bonchev–Trinajstić information content (AvgIpc) is 2.12. The van der Waals surface area contributed by atoms with Gasteiger partial charge in [0, 0.05) is 13.1 Å². The van der Waals surface area contributed by atoms with Gasteiger partial charge in [0.2, 0.25) is 5.91 Å². The Balaban J connectivity index is 3.48. The summed E-state index contributed by atoms with van der Waals surface area (Å²) < 4.78 is 0. The fourth-order valence-corrected chi connectivity index (χ4v) is 1.08. The van der Waals surface area contributed by atoms with E-state index in [1.165, 1.54) is 0 Å². The van der Waals surface area contributed by atoms with Gasteiger partial charge in [-0.15, -0.1) is 0 Å². The molecule has 3 N–H and O–H groups in total. The zero-order valence-corrected chi connectivity index (χ0v) is 8.84. The molecule has 0 fully saturated rings. The van der Waals surface area contributed by atoms with Gasteiger partial charge in [-0.2, -0.15) is 0 Å². The Bertz CT molecular complexity index is 146. The number of nitrogens with zero attached hydrogens (tertiary/aromatic N) is 1. The van der Waals surface area contributed by atoms with Crippen LogP contribution in [0.2, 0.25) is 0 Å². The van der Waals surface area contributed by atoms with Gasteiger partial charge in [-0.05, 0) is 20.0 Å². The van der Waals surface area contributed by atoms with E-state index in [0.717, 1.165) is 26.2 Å². The quantitative estimate of drug-likeness (QED) is 0.580. The standard InChI is InChI=1S/C9H21N3O/c1-4-12(5-2)7-6-11-8(3)9(10)13/h8,11H,4-7H2,1-3H3,(H2,10,13). The van der Waals surface area contributed by atoms with Gasteiger partial charge < -0.3 is 16.0 Å². The van der Waals surface area contributed by atoms with Gasteiger partial charge >= 0.3 is 0 Å². The second kappa shape index (κ2) is 6.86. The number of hydrogen-bond acceptors (Lipinski definition) is 3. The van der Waals surface area contributed by atoms with E-state index in [0.29, 0.717) is 0 Å². The third-order valence-electron chi connectivity index (χ3n) is 2.20. The van der Waals surface area contributed by atoms with E-state index in [4.69, 9.17) is 5.73 Å². The highest BCUT2D eigenvalue weighted by molar-refractivity contribution is 5.79. The van der Waals surface area contributed by atoms with Gasteiger partial charge in [-0.25, -0.2) is 0 Å². The molecule has 4 heteroatoms. The van der Waals surface area contributed by atoms with Crippen LogP contribution in [0, 0.1) is 0 Å². The number of carbonyl (C=O) groups is 1. The number of rotatable bonds is 7. The van der Waals surface area contributed by atoms with Crippen molar-refractivity contribution in [3.63, 3.8) is 0 Å². The maximum absolute atomic E-state index is 10.7. The molecule has 0 aliphatic carbocycles. The summed E-state index contributed by atoms with van der Waals surface area (Å²) >= 11 is 0. The number of nitrogens with two attached hydrogens (primary N) is 1. The van der Waals surface area contributed by atoms with E-state index < -0.39 is 0 Å². The number of hydrogen-bond donors (Lipinski definition) is 2. The van der Waals surface area contributed by atoms with E-state index >= 15 is 0 Å². The van der Waals surface area contributed by atoms with Crippen molar-refractivity contribution in [2.24, 2.45) is 5.73 Å². The normalized spacial score (nSPS) is 13.2. The van der Waals surface area contributed by atoms with Crippen molar-refractivity contribution in [3.05, 3.63) is 0 Å². The van der Waals surface area contributed by atoms with Crippen molar-refractivity contribution in [2.75, 3.05) is 26.2 Å². The number of primary amides is 1. The monoisotopic (exact) mass is 187 g/mol. The van der Waals surface area contributed by atoms with Crippen LogP contribution in [0.15, 0.2) is 0 Å². The lowest BCUT2D eigenvalue weighted by Gasteiger charge is -2.19. The average molecular weight is 187 g/mol. The van der Waals surface area contributed by atoms with Crippen LogP contribution < -0.4 is 11.1 Å². The van der Waals surface area contributed by atoms with Crippen LogP contribution in [0.25, 0.3) is 0 Å². The smallest absolute Gasteiger partial charge is 0.234 e. The molecule has 0 aromatic heterocycles. The molecule has 0 rings (SSSR count). The fraction of sp³-hybridized carbons (Fsp3) is 0.889. The maximum atomic E-state index is 10.7. The number of nitrogens with one attached hydrogen (secondary N) is 1. The minimum absolute atomic E-state index is 0.226. The molecule has 0 saturated heterocycles. The van der Waals surface area contributed by atoms with E-state index in [9.17, 15) is 4.79 Å². The predicted octanol–water partition coefficient (Wildman–Crippen LogP) is -0.208. The molecule has 4 nitrogen and oxygen atoms in total. The Morgan fingerprint density at radius 3 is 2.38 bits per heavy atom. The molecule has 0 spiro atoms. The van der Waals surface area contributed by atoms with Crippen molar-refractivity contribution in [1.29, 1.82) is 0 Å². The summed E-state index contributed by atoms with van der Waals surface area (Å²) in [6.07, 6.45) is 0. The van der Waals surface area contributed by atoms with Crippen molar-refractivity contribution in [2.45, 2.75) is 26.8 Å². The summed E-state index contributed by atoms with van der Waals surface area (Å²) in [4.78, 5) is 13.0. The molecule has 1 atom stereocenters. The van der Waals surface area contributed by atoms with E-state index in [2.05, 4.69) is 24.1 Å². The molecule has 0 bridgehead atoms. The molecule has 0 aromatic carbocycles. The van der Waals surface area contributed by atoms with Crippen LogP contribution in [0.4, 0.5) is 0 Å². The summed E-state index contributed by atoms with van der Waals surface area (Å²) in [5, 5.41) is 3.06. The molecule has 0 aliphatic heterocycles. The molecule has 0 aromatic rings. The highest BCUT2D eigenvalue weighted by atomic mass is 16.1. The highest BCUT2D eigenvalue weighted by Crippen LogP contribution is 1.85. The number of carbonyl (C=O) groups excluding carboxylic acids is 1. The van der Waals surface area contributed by atoms with Crippen LogP contribution in [0.1, 0.15) is 20.8 Å². The van der Waals surface area contributed by atoms with Crippen molar-refractivity contribution in [1.82, 2.24) is 10.2 Å². The Kier molecular flexibility index (Phi) is 6.54. The highest BCUT2D eigenvalue weighted by Gasteiger charge is 2.06. The summed E-state index contributed by atoms with van der Waals surface area (Å²) in [5.41, 5.74) is 5.10. The second-order valence-electron chi connectivity index (χ2n) is 3.11. The Hall–Kier alpha value is -0.610. The van der Waals surface area contributed by atoms with Gasteiger partial charge in [0.1, 0.15) is 0 Å². The molecule has 0 saturated carbocycles. The zero-order valence-electron chi connectivity index (χ0n) is 8.84. The van der Waals surface area contributed by atoms with E-state index in [1.54, 1.807) is 6.92 Å². The molecule has 1 amide bonds. The third-order valence-corrected chi connectivity index (χ3v) is 2.20. The summed E-state index contributed by atoms with van der Waals surface area (Å²) in [7, 11) is 0. The summed E-state index contributed by atoms with van der Waals surface area (Å²) in [6.45, 7) is 9.90. The molecular formula is C9H21N3O. The lowest BCUT2D eigenvalue weighted by Crippen LogP contribution is -2.42. The SMILES string of the molecule is CCN(CC)CCNC(C)C(N)=O. The first kappa shape index (κ1) is 12.4. The van der Waals surface area contributed by atoms with Crippen LogP contribution in [-0.4, -0.2) is 43.0 Å². The van der Waals surface area contributed by atoms with Crippen LogP contribution in [0.5, 0.6) is 0 Å². The van der Waals surface area contributed by atoms with Gasteiger partial charge in [0.05, 0.1) is 6.04 Å². The Labute approximate surface area is 80.5 Å². The maximum Gasteiger partial charge on any atom is 0.234 e. The van der Waals surface area contributed by atoms with Crippen LogP contribution in [-0.2, 0) is 4.79 Å². The van der Waals surface area contributed by atoms with Gasteiger partial charge in [0.15, 0.2) is 0 Å². The molecule has 0 heterocycles. The van der Waals surface area contributed by atoms with E-state index in [1.807, 2.05) is 0 Å². The summed E-state index contributed by atoms with van der Waals surface area (Å²) in [6, 6.07) is -0.226. The molecule has 13 heavy (non-hydrogen) atoms. The lowest BCUT2D eigenvalue weighted by molar-refractivity contribution is -0.119. The first-order chi connectivity index (χ1) is 6.11. The molecule has 0 aliphatic rings.